The third-order valence-electron chi connectivity index (χ3n) is 9.43. The van der Waals surface area contributed by atoms with Crippen LogP contribution in [-0.2, 0) is 14.9 Å². The molecule has 1 aromatic carbocycles. The molecule has 220 valence electrons. The maximum atomic E-state index is 12.5. The van der Waals surface area contributed by atoms with E-state index in [2.05, 4.69) is 61.4 Å². The average molecular weight is 570 g/mol. The van der Waals surface area contributed by atoms with Crippen LogP contribution in [0.15, 0.2) is 42.6 Å². The number of ether oxygens (including phenoxy) is 2. The lowest BCUT2D eigenvalue weighted by Gasteiger charge is -2.46. The van der Waals surface area contributed by atoms with Crippen molar-refractivity contribution in [2.24, 2.45) is 0 Å². The van der Waals surface area contributed by atoms with Crippen LogP contribution in [0, 0.1) is 6.92 Å². The zero-order valence-corrected chi connectivity index (χ0v) is 25.0. The first kappa shape index (κ1) is 27.1. The van der Waals surface area contributed by atoms with Crippen molar-refractivity contribution in [1.29, 1.82) is 0 Å². The molecule has 0 radical (unpaired) electrons. The van der Waals surface area contributed by atoms with Gasteiger partial charge in [0.05, 0.1) is 24.3 Å². The minimum atomic E-state index is -0.370. The van der Waals surface area contributed by atoms with Crippen LogP contribution >= 0.6 is 0 Å². The quantitative estimate of drug-likeness (QED) is 0.422. The molecular formula is C32H39N7O3. The zero-order chi connectivity index (χ0) is 29.2. The molecule has 10 heteroatoms. The predicted molar refractivity (Wildman–Crippen MR) is 162 cm³/mol. The molecular weight excluding hydrogens is 530 g/mol. The molecule has 4 aliphatic rings. The predicted octanol–water partition coefficient (Wildman–Crippen LogP) is 5.32. The number of carbonyl (C=O) groups is 1. The minimum absolute atomic E-state index is 0.0491. The first-order chi connectivity index (χ1) is 20.1. The third kappa shape index (κ3) is 4.48. The van der Waals surface area contributed by atoms with Crippen molar-refractivity contribution in [3.05, 3.63) is 59.3 Å². The van der Waals surface area contributed by atoms with E-state index in [0.717, 1.165) is 42.4 Å². The van der Waals surface area contributed by atoms with Crippen LogP contribution < -0.4 is 20.4 Å². The molecule has 2 N–H and O–H groups in total. The Kier molecular flexibility index (Phi) is 6.40. The van der Waals surface area contributed by atoms with Crippen LogP contribution in [0.2, 0.25) is 0 Å². The second kappa shape index (κ2) is 9.91. The summed E-state index contributed by atoms with van der Waals surface area (Å²) < 4.78 is 11.6. The summed E-state index contributed by atoms with van der Waals surface area (Å²) >= 11 is 0. The van der Waals surface area contributed by atoms with Crippen molar-refractivity contribution in [3.8, 4) is 0 Å². The fourth-order valence-corrected chi connectivity index (χ4v) is 7.04. The molecule has 42 heavy (non-hydrogen) atoms. The number of fused-ring (bicyclic) bond motifs is 3. The zero-order valence-electron chi connectivity index (χ0n) is 25.0. The normalized spacial score (nSPS) is 28.0. The van der Waals surface area contributed by atoms with Crippen molar-refractivity contribution in [1.82, 2.24) is 20.3 Å². The molecule has 0 saturated carbocycles. The van der Waals surface area contributed by atoms with Gasteiger partial charge in [-0.2, -0.15) is 4.98 Å². The molecule has 4 aliphatic heterocycles. The standard InChI is InChI=1S/C32H39N7O3/c1-19-13-22(9-10-23(19)21-11-12-33-15-21)35-29-34-16-24-28(37-29)39(25-14-31(3,4)42-18-32(24,25)5)27-8-6-7-26(36-27)38-20(2)17-41-30(38)40/h6-10,13,16,20-21,25,33H,11-12,14-15,17-18H2,1-5H3,(H,34,35,37)/t20-,21+,25?,32-/m0/s1. The van der Waals surface area contributed by atoms with Gasteiger partial charge in [-0.25, -0.2) is 14.8 Å². The van der Waals surface area contributed by atoms with Crippen molar-refractivity contribution >= 4 is 35.2 Å². The topological polar surface area (TPSA) is 105 Å². The average Bonchev–Trinajstić information content (AvgIpc) is 3.66. The van der Waals surface area contributed by atoms with Crippen LogP contribution in [0.4, 0.5) is 33.9 Å². The molecule has 1 amide bonds. The SMILES string of the molecule is Cc1cc(Nc2ncc3c(n2)N(c2cccc(N4C(=O)OC[C@@H]4C)n2)C2CC(C)(C)OC[C@@]32C)ccc1[C@@H]1CCNC1. The van der Waals surface area contributed by atoms with Gasteiger partial charge in [-0.15, -0.1) is 0 Å². The van der Waals surface area contributed by atoms with Gasteiger partial charge in [-0.05, 0) is 88.4 Å². The number of pyridine rings is 1. The fourth-order valence-electron chi connectivity index (χ4n) is 7.04. The highest BCUT2D eigenvalue weighted by atomic mass is 16.6. The molecule has 4 atom stereocenters. The Bertz CT molecular complexity index is 1540. The highest BCUT2D eigenvalue weighted by molar-refractivity contribution is 5.89. The molecule has 7 rings (SSSR count). The molecule has 0 bridgehead atoms. The summed E-state index contributed by atoms with van der Waals surface area (Å²) in [5.41, 5.74) is 4.03. The number of aromatic nitrogens is 3. The number of anilines is 5. The molecule has 0 spiro atoms. The summed E-state index contributed by atoms with van der Waals surface area (Å²) in [6, 6.07) is 12.3. The van der Waals surface area contributed by atoms with E-state index >= 15 is 0 Å². The van der Waals surface area contributed by atoms with Crippen molar-refractivity contribution < 1.29 is 14.3 Å². The number of nitrogens with one attached hydrogen (secondary N) is 2. The second-order valence-electron chi connectivity index (χ2n) is 13.0. The van der Waals surface area contributed by atoms with Gasteiger partial charge < -0.3 is 25.0 Å². The van der Waals surface area contributed by atoms with Crippen LogP contribution in [0.3, 0.4) is 0 Å². The molecule has 3 fully saturated rings. The number of nitrogens with zero attached hydrogens (tertiary/aromatic N) is 5. The van der Waals surface area contributed by atoms with Gasteiger partial charge in [-0.3, -0.25) is 4.90 Å². The molecule has 0 aliphatic carbocycles. The largest absolute Gasteiger partial charge is 0.447 e. The lowest BCUT2D eigenvalue weighted by Crippen LogP contribution is -2.54. The second-order valence-corrected chi connectivity index (χ2v) is 13.0. The monoisotopic (exact) mass is 569 g/mol. The highest BCUT2D eigenvalue weighted by Gasteiger charge is 2.55. The van der Waals surface area contributed by atoms with E-state index in [4.69, 9.17) is 24.4 Å². The summed E-state index contributed by atoms with van der Waals surface area (Å²) in [5.74, 6) is 3.22. The van der Waals surface area contributed by atoms with Crippen LogP contribution in [-0.4, -0.2) is 65.0 Å². The first-order valence-corrected chi connectivity index (χ1v) is 14.9. The lowest BCUT2D eigenvalue weighted by atomic mass is 9.73. The summed E-state index contributed by atoms with van der Waals surface area (Å²) in [4.78, 5) is 31.2. The Labute approximate surface area is 246 Å². The minimum Gasteiger partial charge on any atom is -0.447 e. The summed E-state index contributed by atoms with van der Waals surface area (Å²) in [5, 5.41) is 6.92. The van der Waals surface area contributed by atoms with Gasteiger partial charge in [0.15, 0.2) is 0 Å². The highest BCUT2D eigenvalue weighted by Crippen LogP contribution is 2.53. The van der Waals surface area contributed by atoms with Gasteiger partial charge in [0, 0.05) is 29.4 Å². The summed E-state index contributed by atoms with van der Waals surface area (Å²) in [6.45, 7) is 13.6. The van der Waals surface area contributed by atoms with Gasteiger partial charge in [0.2, 0.25) is 5.95 Å². The van der Waals surface area contributed by atoms with E-state index in [9.17, 15) is 4.79 Å². The molecule has 3 aromatic rings. The molecule has 10 nitrogen and oxygen atoms in total. The Hall–Kier alpha value is -3.76. The number of rotatable bonds is 5. The van der Waals surface area contributed by atoms with Gasteiger partial charge in [-0.1, -0.05) is 19.1 Å². The molecule has 6 heterocycles. The molecule has 2 aromatic heterocycles. The van der Waals surface area contributed by atoms with E-state index in [0.29, 0.717) is 30.9 Å². The van der Waals surface area contributed by atoms with Crippen LogP contribution in [0.1, 0.15) is 63.1 Å². The number of amides is 1. The van der Waals surface area contributed by atoms with Crippen molar-refractivity contribution in [2.75, 3.05) is 41.4 Å². The smallest absolute Gasteiger partial charge is 0.415 e. The van der Waals surface area contributed by atoms with Crippen molar-refractivity contribution in [2.45, 2.75) is 76.5 Å². The fraction of sp³-hybridized carbons (Fsp3) is 0.500. The first-order valence-electron chi connectivity index (χ1n) is 14.9. The van der Waals surface area contributed by atoms with E-state index in [1.54, 1.807) is 4.90 Å². The third-order valence-corrected chi connectivity index (χ3v) is 9.43. The Balaban J connectivity index is 1.26. The number of carbonyl (C=O) groups excluding carboxylic acids is 1. The maximum Gasteiger partial charge on any atom is 0.415 e. The maximum absolute atomic E-state index is 12.5. The Morgan fingerprint density at radius 2 is 1.90 bits per heavy atom. The van der Waals surface area contributed by atoms with E-state index in [1.165, 1.54) is 17.5 Å². The van der Waals surface area contributed by atoms with E-state index < -0.39 is 0 Å². The van der Waals surface area contributed by atoms with E-state index in [-0.39, 0.29) is 29.2 Å². The molecule has 1 unspecified atom stereocenters. The van der Waals surface area contributed by atoms with Gasteiger partial charge in [0.25, 0.3) is 0 Å². The number of hydrogen-bond acceptors (Lipinski definition) is 9. The van der Waals surface area contributed by atoms with Crippen LogP contribution in [0.25, 0.3) is 0 Å². The molecule has 3 saturated heterocycles. The number of hydrogen-bond donors (Lipinski definition) is 2. The van der Waals surface area contributed by atoms with Crippen molar-refractivity contribution in [3.63, 3.8) is 0 Å². The summed E-state index contributed by atoms with van der Waals surface area (Å²) in [7, 11) is 0. The Morgan fingerprint density at radius 3 is 2.62 bits per heavy atom. The summed E-state index contributed by atoms with van der Waals surface area (Å²) in [6.07, 6.45) is 3.53. The van der Waals surface area contributed by atoms with Gasteiger partial charge >= 0.3 is 6.09 Å². The Morgan fingerprint density at radius 1 is 1.10 bits per heavy atom. The van der Waals surface area contributed by atoms with Gasteiger partial charge in [0.1, 0.15) is 24.1 Å². The number of aryl methyl sites for hydroxylation is 1. The van der Waals surface area contributed by atoms with E-state index in [1.807, 2.05) is 31.3 Å². The lowest BCUT2D eigenvalue weighted by molar-refractivity contribution is -0.0893. The number of cyclic esters (lactones) is 1. The number of benzene rings is 1. The van der Waals surface area contributed by atoms with Crippen LogP contribution in [0.5, 0.6) is 0 Å².